The summed E-state index contributed by atoms with van der Waals surface area (Å²) in [6, 6.07) is 0. The SMILES string of the molecule is CC(O)CCCNc1nc(Cl)nnc1Cl. The van der Waals surface area contributed by atoms with Gasteiger partial charge in [0.15, 0.2) is 11.0 Å². The van der Waals surface area contributed by atoms with Gasteiger partial charge in [0.1, 0.15) is 0 Å². The molecule has 5 nitrogen and oxygen atoms in total. The maximum absolute atomic E-state index is 9.04. The first kappa shape index (κ1) is 12.4. The van der Waals surface area contributed by atoms with Gasteiger partial charge in [0, 0.05) is 6.54 Å². The van der Waals surface area contributed by atoms with Crippen LogP contribution in [-0.4, -0.2) is 32.9 Å². The summed E-state index contributed by atoms with van der Waals surface area (Å²) in [5.74, 6) is 0.419. The molecule has 1 unspecified atom stereocenters. The fourth-order valence-corrected chi connectivity index (χ4v) is 1.28. The molecule has 0 aliphatic heterocycles. The zero-order chi connectivity index (χ0) is 11.3. The van der Waals surface area contributed by atoms with Gasteiger partial charge in [-0.15, -0.1) is 10.2 Å². The number of halogens is 2. The fourth-order valence-electron chi connectivity index (χ4n) is 1.01. The largest absolute Gasteiger partial charge is 0.393 e. The summed E-state index contributed by atoms with van der Waals surface area (Å²) in [4.78, 5) is 3.88. The van der Waals surface area contributed by atoms with E-state index in [1.54, 1.807) is 6.92 Å². The van der Waals surface area contributed by atoms with Crippen LogP contribution in [0.15, 0.2) is 0 Å². The molecule has 1 aromatic rings. The number of anilines is 1. The molecule has 0 amide bonds. The van der Waals surface area contributed by atoms with E-state index < -0.39 is 0 Å². The van der Waals surface area contributed by atoms with E-state index in [2.05, 4.69) is 20.5 Å². The van der Waals surface area contributed by atoms with Crippen molar-refractivity contribution in [3.8, 4) is 0 Å². The van der Waals surface area contributed by atoms with Gasteiger partial charge in [0.2, 0.25) is 5.28 Å². The van der Waals surface area contributed by atoms with Crippen LogP contribution in [0, 0.1) is 0 Å². The second kappa shape index (κ2) is 6.05. The molecule has 84 valence electrons. The van der Waals surface area contributed by atoms with Gasteiger partial charge >= 0.3 is 0 Å². The van der Waals surface area contributed by atoms with E-state index in [0.29, 0.717) is 12.4 Å². The third-order valence-corrected chi connectivity index (χ3v) is 2.13. The van der Waals surface area contributed by atoms with Crippen LogP contribution in [0.1, 0.15) is 19.8 Å². The van der Waals surface area contributed by atoms with Crippen molar-refractivity contribution in [2.75, 3.05) is 11.9 Å². The summed E-state index contributed by atoms with van der Waals surface area (Å²) in [5, 5.41) is 19.3. The third kappa shape index (κ3) is 4.59. The molecule has 0 aliphatic rings. The molecule has 0 radical (unpaired) electrons. The van der Waals surface area contributed by atoms with Crippen molar-refractivity contribution in [1.82, 2.24) is 15.2 Å². The second-order valence-electron chi connectivity index (χ2n) is 3.14. The Hall–Kier alpha value is -0.650. The lowest BCUT2D eigenvalue weighted by atomic mass is 10.2. The molecular weight excluding hydrogens is 239 g/mol. The van der Waals surface area contributed by atoms with Crippen molar-refractivity contribution in [3.63, 3.8) is 0 Å². The molecule has 0 bridgehead atoms. The first-order valence-corrected chi connectivity index (χ1v) is 5.33. The molecule has 2 N–H and O–H groups in total. The standard InChI is InChI=1S/C8H12Cl2N4O/c1-5(15)3-2-4-11-7-6(9)13-14-8(10)12-7/h5,15H,2-4H2,1H3,(H,11,12,14). The van der Waals surface area contributed by atoms with Gasteiger partial charge in [-0.25, -0.2) is 0 Å². The van der Waals surface area contributed by atoms with Crippen LogP contribution in [0.25, 0.3) is 0 Å². The van der Waals surface area contributed by atoms with Crippen LogP contribution in [0.2, 0.25) is 10.4 Å². The number of nitrogens with one attached hydrogen (secondary N) is 1. The molecule has 0 spiro atoms. The highest BCUT2D eigenvalue weighted by Crippen LogP contribution is 2.16. The third-order valence-electron chi connectivity index (χ3n) is 1.71. The van der Waals surface area contributed by atoms with Gasteiger partial charge in [-0.1, -0.05) is 11.6 Å². The van der Waals surface area contributed by atoms with Gasteiger partial charge in [0.05, 0.1) is 6.10 Å². The summed E-state index contributed by atoms with van der Waals surface area (Å²) < 4.78 is 0. The van der Waals surface area contributed by atoms with Crippen LogP contribution >= 0.6 is 23.2 Å². The first-order chi connectivity index (χ1) is 7.09. The van der Waals surface area contributed by atoms with Crippen molar-refractivity contribution in [1.29, 1.82) is 0 Å². The number of aromatic nitrogens is 3. The summed E-state index contributed by atoms with van der Waals surface area (Å²) in [7, 11) is 0. The summed E-state index contributed by atoms with van der Waals surface area (Å²) in [6.45, 7) is 2.40. The Morgan fingerprint density at radius 3 is 2.80 bits per heavy atom. The van der Waals surface area contributed by atoms with E-state index in [0.717, 1.165) is 12.8 Å². The van der Waals surface area contributed by atoms with E-state index in [4.69, 9.17) is 28.3 Å². The Morgan fingerprint density at radius 2 is 2.13 bits per heavy atom. The van der Waals surface area contributed by atoms with E-state index in [9.17, 15) is 0 Å². The van der Waals surface area contributed by atoms with Crippen molar-refractivity contribution in [3.05, 3.63) is 10.4 Å². The summed E-state index contributed by atoms with van der Waals surface area (Å²) >= 11 is 11.3. The Bertz CT molecular complexity index is 322. The van der Waals surface area contributed by atoms with Crippen LogP contribution in [0.4, 0.5) is 5.82 Å². The minimum absolute atomic E-state index is 0.0532. The fraction of sp³-hybridized carbons (Fsp3) is 0.625. The molecule has 7 heteroatoms. The van der Waals surface area contributed by atoms with Gasteiger partial charge in [-0.2, -0.15) is 4.98 Å². The topological polar surface area (TPSA) is 70.9 Å². The molecule has 0 saturated carbocycles. The number of nitrogens with zero attached hydrogens (tertiary/aromatic N) is 3. The first-order valence-electron chi connectivity index (χ1n) is 4.57. The van der Waals surface area contributed by atoms with Crippen LogP contribution in [0.5, 0.6) is 0 Å². The molecule has 1 heterocycles. The highest BCUT2D eigenvalue weighted by molar-refractivity contribution is 6.32. The molecular formula is C8H12Cl2N4O. The van der Waals surface area contributed by atoms with E-state index in [1.807, 2.05) is 0 Å². The van der Waals surface area contributed by atoms with Gasteiger partial charge in [0.25, 0.3) is 0 Å². The maximum atomic E-state index is 9.04. The highest BCUT2D eigenvalue weighted by Gasteiger charge is 2.05. The molecule has 0 aliphatic carbocycles. The highest BCUT2D eigenvalue weighted by atomic mass is 35.5. The smallest absolute Gasteiger partial charge is 0.245 e. The minimum Gasteiger partial charge on any atom is -0.393 e. The lowest BCUT2D eigenvalue weighted by Crippen LogP contribution is -2.08. The van der Waals surface area contributed by atoms with Crippen LogP contribution in [0.3, 0.4) is 0 Å². The maximum Gasteiger partial charge on any atom is 0.245 e. The van der Waals surface area contributed by atoms with E-state index in [-0.39, 0.29) is 16.5 Å². The minimum atomic E-state index is -0.297. The summed E-state index contributed by atoms with van der Waals surface area (Å²) in [6.07, 6.45) is 1.24. The Balaban J connectivity index is 2.40. The Labute approximate surface area is 97.8 Å². The van der Waals surface area contributed by atoms with Gasteiger partial charge in [-0.3, -0.25) is 0 Å². The molecule has 1 atom stereocenters. The number of hydrogen-bond donors (Lipinski definition) is 2. The van der Waals surface area contributed by atoms with Gasteiger partial charge < -0.3 is 10.4 Å². The Kier molecular flexibility index (Phi) is 5.01. The monoisotopic (exact) mass is 250 g/mol. The van der Waals surface area contributed by atoms with Crippen molar-refractivity contribution in [2.24, 2.45) is 0 Å². The number of rotatable bonds is 5. The molecule has 1 rings (SSSR count). The number of hydrogen-bond acceptors (Lipinski definition) is 5. The average molecular weight is 251 g/mol. The zero-order valence-electron chi connectivity index (χ0n) is 8.24. The van der Waals surface area contributed by atoms with Crippen LogP contribution < -0.4 is 5.32 Å². The Morgan fingerprint density at radius 1 is 1.40 bits per heavy atom. The normalized spacial score (nSPS) is 12.5. The molecule has 15 heavy (non-hydrogen) atoms. The number of aliphatic hydroxyl groups excluding tert-OH is 1. The second-order valence-corrected chi connectivity index (χ2v) is 3.83. The van der Waals surface area contributed by atoms with Crippen molar-refractivity contribution in [2.45, 2.75) is 25.9 Å². The van der Waals surface area contributed by atoms with Crippen molar-refractivity contribution < 1.29 is 5.11 Å². The quantitative estimate of drug-likeness (QED) is 0.780. The van der Waals surface area contributed by atoms with Crippen LogP contribution in [-0.2, 0) is 0 Å². The lowest BCUT2D eigenvalue weighted by Gasteiger charge is -2.07. The predicted molar refractivity (Wildman–Crippen MR) is 59.3 cm³/mol. The molecule has 1 aromatic heterocycles. The average Bonchev–Trinajstić information content (AvgIpc) is 2.17. The van der Waals surface area contributed by atoms with Crippen molar-refractivity contribution >= 4 is 29.0 Å². The number of aliphatic hydroxyl groups is 1. The molecule has 0 fully saturated rings. The molecule has 0 aromatic carbocycles. The summed E-state index contributed by atoms with van der Waals surface area (Å²) in [5.41, 5.74) is 0. The van der Waals surface area contributed by atoms with E-state index >= 15 is 0 Å². The van der Waals surface area contributed by atoms with Gasteiger partial charge in [-0.05, 0) is 31.4 Å². The predicted octanol–water partition coefficient (Wildman–Crippen LogP) is 1.75. The molecule has 0 saturated heterocycles. The zero-order valence-corrected chi connectivity index (χ0v) is 9.76. The lowest BCUT2D eigenvalue weighted by molar-refractivity contribution is 0.183. The van der Waals surface area contributed by atoms with E-state index in [1.165, 1.54) is 0 Å².